The van der Waals surface area contributed by atoms with Gasteiger partial charge in [0.15, 0.2) is 0 Å². The van der Waals surface area contributed by atoms with E-state index in [1.807, 2.05) is 0 Å². The lowest BCUT2D eigenvalue weighted by Gasteiger charge is -2.52. The van der Waals surface area contributed by atoms with Crippen LogP contribution in [0.3, 0.4) is 0 Å². The average molecular weight is 615 g/mol. The first-order valence-electron chi connectivity index (χ1n) is 11.0. The van der Waals surface area contributed by atoms with Crippen molar-refractivity contribution in [2.24, 2.45) is 13.5 Å². The van der Waals surface area contributed by atoms with Crippen LogP contribution in [0.5, 0.6) is 0 Å². The third kappa shape index (κ3) is 6.64. The van der Waals surface area contributed by atoms with Crippen molar-refractivity contribution in [2.45, 2.75) is 78.6 Å². The van der Waals surface area contributed by atoms with Gasteiger partial charge in [-0.05, 0) is 50.7 Å². The fourth-order valence-electron chi connectivity index (χ4n) is 2.75. The van der Waals surface area contributed by atoms with Crippen molar-refractivity contribution in [1.29, 1.82) is 0 Å². The van der Waals surface area contributed by atoms with Crippen molar-refractivity contribution in [1.82, 2.24) is 17.3 Å². The van der Waals surface area contributed by atoms with E-state index in [-0.39, 0.29) is 0 Å². The van der Waals surface area contributed by atoms with Gasteiger partial charge in [-0.2, -0.15) is 13.5 Å². The van der Waals surface area contributed by atoms with Crippen LogP contribution in [0.2, 0.25) is 78.6 Å². The topological polar surface area (TPSA) is 50.0 Å². The van der Waals surface area contributed by atoms with Crippen molar-refractivity contribution in [2.75, 3.05) is 28.2 Å². The lowest BCUT2D eigenvalue weighted by Crippen LogP contribution is -2.50. The summed E-state index contributed by atoms with van der Waals surface area (Å²) in [4.78, 5) is 0. The normalized spacial score (nSPS) is 27.6. The Balaban J connectivity index is 4.34. The molecule has 0 unspecified atom stereocenters. The fraction of sp³-hybridized carbons (Fsp3) is 1.00. The summed E-state index contributed by atoms with van der Waals surface area (Å²) >= 11 is 15.2. The molecule has 0 N–H and O–H groups in total. The molecule has 0 saturated heterocycles. The van der Waals surface area contributed by atoms with Crippen LogP contribution >= 0.6 is 43.4 Å². The zero-order chi connectivity index (χ0) is 25.9. The molecule has 0 aliphatic carbocycles. The van der Waals surface area contributed by atoms with Gasteiger partial charge in [0.1, 0.15) is 32.9 Å². The van der Waals surface area contributed by atoms with Crippen LogP contribution in [0, 0.1) is 0 Å². The molecular weight excluding hydrogens is 566 g/mol. The molecule has 192 valence electrons. The van der Waals surface area contributed by atoms with Gasteiger partial charge in [-0.1, -0.05) is 78.6 Å². The highest BCUT2D eigenvalue weighted by Crippen LogP contribution is 2.85. The zero-order valence-electron chi connectivity index (χ0n) is 23.2. The maximum atomic E-state index is 7.58. The molecule has 1 heterocycles. The minimum atomic E-state index is -2.76. The number of rotatable bonds is 8. The van der Waals surface area contributed by atoms with Gasteiger partial charge in [-0.15, -0.1) is 0 Å². The second-order valence-corrected chi connectivity index (χ2v) is 44.5. The van der Waals surface area contributed by atoms with Gasteiger partial charge in [0.2, 0.25) is 20.9 Å². The van der Waals surface area contributed by atoms with E-state index < -0.39 is 53.9 Å². The van der Waals surface area contributed by atoms with Crippen LogP contribution in [0.25, 0.3) is 0 Å². The van der Waals surface area contributed by atoms with E-state index in [0.29, 0.717) is 0 Å². The molecule has 1 aliphatic heterocycles. The van der Waals surface area contributed by atoms with E-state index in [2.05, 4.69) is 124 Å². The first kappa shape index (κ1) is 32.0. The van der Waals surface area contributed by atoms with Crippen molar-refractivity contribution >= 4 is 76.3 Å². The molecule has 0 radical (unpaired) electrons. The summed E-state index contributed by atoms with van der Waals surface area (Å²) in [6.45, 7) is 22.4. The molecule has 1 rings (SSSR count). The van der Waals surface area contributed by atoms with Crippen LogP contribution in [0.4, 0.5) is 0 Å². The Morgan fingerprint density at radius 2 is 0.688 bits per heavy atom. The van der Waals surface area contributed by atoms with Gasteiger partial charge in [0.05, 0.1) is 0 Å². The Hall–Kier alpha value is 1.98. The monoisotopic (exact) mass is 613 g/mol. The number of hydrogen-bond donors (Lipinski definition) is 0. The fourth-order valence-corrected chi connectivity index (χ4v) is 36.2. The van der Waals surface area contributed by atoms with Gasteiger partial charge in [-0.25, -0.2) is 0 Å². The van der Waals surface area contributed by atoms with Crippen LogP contribution in [-0.2, 0) is 0 Å². The second kappa shape index (κ2) is 9.69. The Labute approximate surface area is 213 Å². The SMILES string of the molecule is CN([Si](C)(C)C)P1(N(C)[Si](C)(C)C)=N[P@](Cl)(N(C)[Si](C)(C)C)=N[P@@](Cl)(N(C)[Si](C)(C)C)=N1. The van der Waals surface area contributed by atoms with Gasteiger partial charge in [0.25, 0.3) is 0 Å². The standard InChI is InChI=1S/C16H48Cl2N7P3Si4/c1-22(29(5,6)7)26(17)19-27(18,23(2)30(8,9)10)21-28(20-26,24(3)31(11,12)13)25(4)32(14,15)16/h1-16H3/t26-,27-/m1/s1. The second-order valence-electron chi connectivity index (χ2n) is 12.6. The summed E-state index contributed by atoms with van der Waals surface area (Å²) < 4.78 is 26.0. The van der Waals surface area contributed by atoms with Crippen LogP contribution in [0.15, 0.2) is 13.5 Å². The van der Waals surface area contributed by atoms with Gasteiger partial charge in [-0.3, -0.25) is 17.3 Å². The Bertz CT molecular complexity index is 839. The predicted octanol–water partition coefficient (Wildman–Crippen LogP) is 9.38. The lowest BCUT2D eigenvalue weighted by atomic mass is 11.6. The van der Waals surface area contributed by atoms with E-state index in [1.54, 1.807) is 0 Å². The molecule has 16 heteroatoms. The summed E-state index contributed by atoms with van der Waals surface area (Å²) in [5.41, 5.74) is 0. The zero-order valence-corrected chi connectivity index (χ0v) is 31.4. The predicted molar refractivity (Wildman–Crippen MR) is 164 cm³/mol. The Kier molecular flexibility index (Phi) is 9.70. The minimum absolute atomic E-state index is 1.81. The summed E-state index contributed by atoms with van der Waals surface area (Å²) in [6.07, 6.45) is 0. The quantitative estimate of drug-likeness (QED) is 0.202. The molecule has 0 saturated carbocycles. The molecule has 0 amide bonds. The van der Waals surface area contributed by atoms with Crippen LogP contribution in [-0.4, -0.2) is 78.5 Å². The first-order chi connectivity index (χ1) is 13.7. The number of hydrogen-bond acceptors (Lipinski definition) is 7. The molecule has 0 bridgehead atoms. The van der Waals surface area contributed by atoms with Crippen LogP contribution in [0.1, 0.15) is 0 Å². The molecule has 0 aromatic rings. The van der Waals surface area contributed by atoms with Crippen molar-refractivity contribution in [3.63, 3.8) is 0 Å². The number of nitrogens with zero attached hydrogens (tertiary/aromatic N) is 7. The highest BCUT2D eigenvalue weighted by atomic mass is 35.7. The van der Waals surface area contributed by atoms with Crippen molar-refractivity contribution in [3.05, 3.63) is 0 Å². The van der Waals surface area contributed by atoms with Gasteiger partial charge < -0.3 is 0 Å². The molecule has 7 nitrogen and oxygen atoms in total. The van der Waals surface area contributed by atoms with E-state index in [0.717, 1.165) is 0 Å². The summed E-state index contributed by atoms with van der Waals surface area (Å²) in [5.74, 6) is 0. The number of halogens is 2. The molecule has 32 heavy (non-hydrogen) atoms. The van der Waals surface area contributed by atoms with E-state index >= 15 is 0 Å². The summed E-state index contributed by atoms with van der Waals surface area (Å²) in [7, 11) is -1.17. The van der Waals surface area contributed by atoms with Crippen molar-refractivity contribution in [3.8, 4) is 0 Å². The van der Waals surface area contributed by atoms with E-state index in [1.165, 1.54) is 0 Å². The Morgan fingerprint density at radius 1 is 0.438 bits per heavy atom. The minimum Gasteiger partial charge on any atom is -0.265 e. The molecule has 0 aromatic heterocycles. The molecule has 2 atom stereocenters. The highest BCUT2D eigenvalue weighted by Gasteiger charge is 2.51. The van der Waals surface area contributed by atoms with E-state index in [9.17, 15) is 0 Å². The molecular formula is C16H48Cl2N7P3Si4. The van der Waals surface area contributed by atoms with E-state index in [4.69, 9.17) is 36.0 Å². The third-order valence-electron chi connectivity index (χ3n) is 6.15. The lowest BCUT2D eigenvalue weighted by molar-refractivity contribution is 0.692. The largest absolute Gasteiger partial charge is 0.265 e. The highest BCUT2D eigenvalue weighted by molar-refractivity contribution is 8.03. The van der Waals surface area contributed by atoms with Crippen LogP contribution < -0.4 is 0 Å². The molecule has 0 aromatic carbocycles. The molecule has 1 aliphatic rings. The first-order valence-corrected chi connectivity index (χ1v) is 31.5. The smallest absolute Gasteiger partial charge is 0.232 e. The summed E-state index contributed by atoms with van der Waals surface area (Å²) in [6, 6.07) is 0. The molecule has 0 fully saturated rings. The Morgan fingerprint density at radius 3 is 0.938 bits per heavy atom. The van der Waals surface area contributed by atoms with Gasteiger partial charge >= 0.3 is 0 Å². The third-order valence-corrected chi connectivity index (χ3v) is 37.7. The molecule has 0 spiro atoms. The average Bonchev–Trinajstić information content (AvgIpc) is 2.54. The summed E-state index contributed by atoms with van der Waals surface area (Å²) in [5, 5.41) is 0. The van der Waals surface area contributed by atoms with Crippen molar-refractivity contribution < 1.29 is 0 Å². The van der Waals surface area contributed by atoms with Gasteiger partial charge in [0, 0.05) is 0 Å². The maximum Gasteiger partial charge on any atom is 0.232 e. The maximum absolute atomic E-state index is 7.58.